The molecule has 2 aromatic rings. The van der Waals surface area contributed by atoms with Gasteiger partial charge in [-0.1, -0.05) is 29.8 Å². The number of thioether (sulfide) groups is 1. The molecule has 0 spiro atoms. The van der Waals surface area contributed by atoms with Crippen LogP contribution in [0.2, 0.25) is 5.02 Å². The number of esters is 1. The maximum atomic E-state index is 12.6. The molecule has 0 aliphatic carbocycles. The van der Waals surface area contributed by atoms with Gasteiger partial charge in [-0.2, -0.15) is 0 Å². The number of rotatable bonds is 8. The number of nitrogens with zero attached hydrogens (tertiary/aromatic N) is 1. The third kappa shape index (κ3) is 6.05. The molecule has 1 heterocycles. The molecule has 0 atom stereocenters. The predicted octanol–water partition coefficient (Wildman–Crippen LogP) is 4.92. The lowest BCUT2D eigenvalue weighted by Gasteiger charge is -2.13. The molecular formula is C23H22ClNO6S. The molecule has 1 fully saturated rings. The molecule has 1 saturated heterocycles. The normalized spacial score (nSPS) is 14.9. The summed E-state index contributed by atoms with van der Waals surface area (Å²) in [6.07, 6.45) is 1.24. The Morgan fingerprint density at radius 3 is 2.62 bits per heavy atom. The molecule has 3 rings (SSSR count). The van der Waals surface area contributed by atoms with Gasteiger partial charge in [0.25, 0.3) is 11.1 Å². The van der Waals surface area contributed by atoms with Crippen LogP contribution in [0.25, 0.3) is 6.08 Å². The van der Waals surface area contributed by atoms with Gasteiger partial charge in [0.1, 0.15) is 13.2 Å². The summed E-state index contributed by atoms with van der Waals surface area (Å²) in [5.41, 5.74) is 1.56. The summed E-state index contributed by atoms with van der Waals surface area (Å²) in [5, 5.41) is 0.107. The minimum atomic E-state index is -0.633. The van der Waals surface area contributed by atoms with E-state index in [0.29, 0.717) is 28.7 Å². The van der Waals surface area contributed by atoms with Gasteiger partial charge >= 0.3 is 5.97 Å². The molecular weight excluding hydrogens is 454 g/mol. The number of hydrogen-bond donors (Lipinski definition) is 0. The van der Waals surface area contributed by atoms with Crippen LogP contribution in [-0.2, 0) is 20.9 Å². The zero-order valence-corrected chi connectivity index (χ0v) is 19.4. The fourth-order valence-corrected chi connectivity index (χ4v) is 3.95. The zero-order chi connectivity index (χ0) is 23.3. The summed E-state index contributed by atoms with van der Waals surface area (Å²) in [5.74, 6) is -0.179. The van der Waals surface area contributed by atoms with E-state index in [9.17, 15) is 14.4 Å². The van der Waals surface area contributed by atoms with Crippen LogP contribution in [0, 0.1) is 0 Å². The van der Waals surface area contributed by atoms with E-state index in [-0.39, 0.29) is 11.0 Å². The van der Waals surface area contributed by atoms with Crippen molar-refractivity contribution in [1.82, 2.24) is 4.90 Å². The number of hydrogen-bond acceptors (Lipinski definition) is 7. The molecule has 1 aliphatic heterocycles. The number of amides is 2. The smallest absolute Gasteiger partial charge is 0.326 e. The van der Waals surface area contributed by atoms with E-state index in [2.05, 4.69) is 0 Å². The van der Waals surface area contributed by atoms with E-state index >= 15 is 0 Å². The number of carbonyl (C=O) groups excluding carboxylic acids is 3. The van der Waals surface area contributed by atoms with Crippen molar-refractivity contribution in [1.29, 1.82) is 0 Å². The van der Waals surface area contributed by atoms with Gasteiger partial charge in [0.2, 0.25) is 0 Å². The predicted molar refractivity (Wildman–Crippen MR) is 123 cm³/mol. The standard InChI is InChI=1S/C23H22ClNO6S/c1-14(2)31-21(26)12-25-22(27)20(32-23(25)28)11-15-7-8-18(19(10-15)29-3)30-13-16-5-4-6-17(24)9-16/h4-11,14H,12-13H2,1-3H3/b20-11-. The maximum Gasteiger partial charge on any atom is 0.326 e. The first-order valence-corrected chi connectivity index (χ1v) is 11.0. The fraction of sp³-hybridized carbons (Fsp3) is 0.261. The van der Waals surface area contributed by atoms with Crippen molar-refractivity contribution in [2.45, 2.75) is 26.6 Å². The van der Waals surface area contributed by atoms with Gasteiger partial charge in [0, 0.05) is 5.02 Å². The first kappa shape index (κ1) is 23.7. The van der Waals surface area contributed by atoms with E-state index in [1.807, 2.05) is 18.2 Å². The van der Waals surface area contributed by atoms with Crippen LogP contribution in [0.15, 0.2) is 47.4 Å². The number of carbonyl (C=O) groups is 3. The summed E-state index contributed by atoms with van der Waals surface area (Å²) >= 11 is 6.77. The lowest BCUT2D eigenvalue weighted by Crippen LogP contribution is -2.35. The Labute approximate surface area is 195 Å². The van der Waals surface area contributed by atoms with Crippen molar-refractivity contribution in [2.24, 2.45) is 0 Å². The molecule has 2 amide bonds. The molecule has 7 nitrogen and oxygen atoms in total. The van der Waals surface area contributed by atoms with Gasteiger partial charge in [-0.25, -0.2) is 0 Å². The number of ether oxygens (including phenoxy) is 3. The lowest BCUT2D eigenvalue weighted by molar-refractivity contribution is -0.149. The Morgan fingerprint density at radius 1 is 1.16 bits per heavy atom. The van der Waals surface area contributed by atoms with Crippen LogP contribution in [0.5, 0.6) is 11.5 Å². The quantitative estimate of drug-likeness (QED) is 0.396. The van der Waals surface area contributed by atoms with Crippen LogP contribution >= 0.6 is 23.4 Å². The molecule has 32 heavy (non-hydrogen) atoms. The van der Waals surface area contributed by atoms with E-state index in [1.54, 1.807) is 44.2 Å². The highest BCUT2D eigenvalue weighted by molar-refractivity contribution is 8.18. The minimum absolute atomic E-state index is 0.210. The van der Waals surface area contributed by atoms with Crippen molar-refractivity contribution in [3.8, 4) is 11.5 Å². The van der Waals surface area contributed by atoms with Crippen LogP contribution in [0.4, 0.5) is 4.79 Å². The first-order valence-electron chi connectivity index (χ1n) is 9.77. The van der Waals surface area contributed by atoms with Crippen LogP contribution in [-0.4, -0.2) is 41.8 Å². The number of benzene rings is 2. The molecule has 1 aliphatic rings. The summed E-state index contributed by atoms with van der Waals surface area (Å²) in [7, 11) is 1.51. The third-order valence-corrected chi connectivity index (χ3v) is 5.44. The summed E-state index contributed by atoms with van der Waals surface area (Å²) in [4.78, 5) is 37.7. The Balaban J connectivity index is 1.72. The van der Waals surface area contributed by atoms with Crippen LogP contribution < -0.4 is 9.47 Å². The van der Waals surface area contributed by atoms with Crippen molar-refractivity contribution in [3.63, 3.8) is 0 Å². The SMILES string of the molecule is COc1cc(/C=C2\SC(=O)N(CC(=O)OC(C)C)C2=O)ccc1OCc1cccc(Cl)c1. The Bertz CT molecular complexity index is 1070. The second kappa shape index (κ2) is 10.6. The molecule has 0 unspecified atom stereocenters. The largest absolute Gasteiger partial charge is 0.493 e. The summed E-state index contributed by atoms with van der Waals surface area (Å²) in [6, 6.07) is 12.5. The van der Waals surface area contributed by atoms with Crippen molar-refractivity contribution >= 4 is 46.6 Å². The average molecular weight is 476 g/mol. The van der Waals surface area contributed by atoms with Gasteiger partial charge in [0.05, 0.1) is 18.1 Å². The lowest BCUT2D eigenvalue weighted by atomic mass is 10.1. The first-order chi connectivity index (χ1) is 15.3. The van der Waals surface area contributed by atoms with Crippen LogP contribution in [0.3, 0.4) is 0 Å². The Morgan fingerprint density at radius 2 is 1.94 bits per heavy atom. The molecule has 0 bridgehead atoms. The monoisotopic (exact) mass is 475 g/mol. The van der Waals surface area contributed by atoms with E-state index < -0.39 is 23.7 Å². The molecule has 0 N–H and O–H groups in total. The fourth-order valence-electron chi connectivity index (χ4n) is 2.90. The molecule has 0 radical (unpaired) electrons. The van der Waals surface area contributed by atoms with Gasteiger partial charge in [-0.15, -0.1) is 0 Å². The second-order valence-electron chi connectivity index (χ2n) is 7.14. The topological polar surface area (TPSA) is 82.1 Å². The third-order valence-electron chi connectivity index (χ3n) is 4.30. The molecule has 0 saturated carbocycles. The van der Waals surface area contributed by atoms with Gasteiger partial charge < -0.3 is 14.2 Å². The maximum absolute atomic E-state index is 12.6. The highest BCUT2D eigenvalue weighted by Gasteiger charge is 2.36. The number of imide groups is 1. The zero-order valence-electron chi connectivity index (χ0n) is 17.8. The van der Waals surface area contributed by atoms with Crippen molar-refractivity contribution in [3.05, 3.63) is 63.5 Å². The average Bonchev–Trinajstić information content (AvgIpc) is 2.99. The van der Waals surface area contributed by atoms with Gasteiger partial charge in [-0.3, -0.25) is 19.3 Å². The molecule has 2 aromatic carbocycles. The summed E-state index contributed by atoms with van der Waals surface area (Å²) in [6.45, 7) is 3.28. The Hall–Kier alpha value is -2.97. The minimum Gasteiger partial charge on any atom is -0.493 e. The molecule has 168 valence electrons. The second-order valence-corrected chi connectivity index (χ2v) is 8.56. The van der Waals surface area contributed by atoms with Gasteiger partial charge in [-0.05, 0) is 67.1 Å². The highest BCUT2D eigenvalue weighted by atomic mass is 35.5. The summed E-state index contributed by atoms with van der Waals surface area (Å²) < 4.78 is 16.3. The van der Waals surface area contributed by atoms with Crippen LogP contribution in [0.1, 0.15) is 25.0 Å². The Kier molecular flexibility index (Phi) is 7.82. The van der Waals surface area contributed by atoms with Gasteiger partial charge in [0.15, 0.2) is 11.5 Å². The highest BCUT2D eigenvalue weighted by Crippen LogP contribution is 2.34. The van der Waals surface area contributed by atoms with E-state index in [1.165, 1.54) is 7.11 Å². The van der Waals surface area contributed by atoms with Crippen molar-refractivity contribution in [2.75, 3.05) is 13.7 Å². The van der Waals surface area contributed by atoms with E-state index in [0.717, 1.165) is 22.2 Å². The molecule has 9 heteroatoms. The number of halogens is 1. The van der Waals surface area contributed by atoms with Crippen molar-refractivity contribution < 1.29 is 28.6 Å². The molecule has 0 aromatic heterocycles. The number of methoxy groups -OCH3 is 1. The van der Waals surface area contributed by atoms with E-state index in [4.69, 9.17) is 25.8 Å².